The summed E-state index contributed by atoms with van der Waals surface area (Å²) in [6.07, 6.45) is 6.61. The lowest BCUT2D eigenvalue weighted by Gasteiger charge is -2.15. The smallest absolute Gasteiger partial charge is 0.326 e. The zero-order valence-corrected chi connectivity index (χ0v) is 10.6. The van der Waals surface area contributed by atoms with Crippen LogP contribution >= 0.6 is 0 Å². The lowest BCUT2D eigenvalue weighted by molar-refractivity contribution is -0.138. The van der Waals surface area contributed by atoms with Crippen LogP contribution in [0.5, 0.6) is 0 Å². The maximum Gasteiger partial charge on any atom is 0.326 e. The first-order chi connectivity index (χ1) is 8.74. The number of allylic oxidation sites excluding steroid dienone is 1. The molecule has 0 radical (unpaired) electrons. The van der Waals surface area contributed by atoms with Gasteiger partial charge in [-0.15, -0.1) is 6.58 Å². The van der Waals surface area contributed by atoms with Gasteiger partial charge in [-0.2, -0.15) is 0 Å². The normalized spacial score (nSPS) is 11.8. The largest absolute Gasteiger partial charge is 0.480 e. The van der Waals surface area contributed by atoms with Crippen LogP contribution in [-0.2, 0) is 4.79 Å². The number of rotatable bonds is 9. The second-order valence-corrected chi connectivity index (χ2v) is 4.33. The minimum Gasteiger partial charge on any atom is -0.480 e. The third-order valence-electron chi connectivity index (χ3n) is 2.81. The third-order valence-corrected chi connectivity index (χ3v) is 2.81. The molecule has 1 unspecified atom stereocenters. The summed E-state index contributed by atoms with van der Waals surface area (Å²) in [5.74, 6) is -0.789. The van der Waals surface area contributed by atoms with Crippen LogP contribution < -0.4 is 5.32 Å². The zero-order chi connectivity index (χ0) is 13.2. The number of carbonyl (C=O) groups is 1. The van der Waals surface area contributed by atoms with Crippen molar-refractivity contribution >= 4 is 11.7 Å². The summed E-state index contributed by atoms with van der Waals surface area (Å²) in [7, 11) is 0. The molecule has 3 heteroatoms. The molecule has 1 aromatic rings. The molecule has 0 saturated carbocycles. The van der Waals surface area contributed by atoms with Crippen molar-refractivity contribution in [2.45, 2.75) is 38.1 Å². The van der Waals surface area contributed by atoms with Gasteiger partial charge in [0.2, 0.25) is 0 Å². The van der Waals surface area contributed by atoms with Gasteiger partial charge in [0.15, 0.2) is 0 Å². The van der Waals surface area contributed by atoms with Gasteiger partial charge in [0.1, 0.15) is 6.04 Å². The Kier molecular flexibility index (Phi) is 6.62. The van der Waals surface area contributed by atoms with E-state index in [2.05, 4.69) is 11.9 Å². The average Bonchev–Trinajstić information content (AvgIpc) is 2.38. The Bertz CT molecular complexity index is 362. The predicted molar refractivity (Wildman–Crippen MR) is 74.8 cm³/mol. The number of nitrogens with one attached hydrogen (secondary N) is 1. The van der Waals surface area contributed by atoms with Crippen molar-refractivity contribution in [2.24, 2.45) is 0 Å². The Morgan fingerprint density at radius 3 is 2.61 bits per heavy atom. The summed E-state index contributed by atoms with van der Waals surface area (Å²) in [5, 5.41) is 12.2. The van der Waals surface area contributed by atoms with Gasteiger partial charge in [-0.05, 0) is 31.4 Å². The summed E-state index contributed by atoms with van der Waals surface area (Å²) in [6, 6.07) is 8.96. The molecule has 0 spiro atoms. The van der Waals surface area contributed by atoms with Crippen LogP contribution in [0, 0.1) is 0 Å². The number of hydrogen-bond acceptors (Lipinski definition) is 2. The molecule has 0 aliphatic heterocycles. The molecule has 18 heavy (non-hydrogen) atoms. The van der Waals surface area contributed by atoms with E-state index in [1.165, 1.54) is 0 Å². The molecule has 1 aromatic carbocycles. The fourth-order valence-electron chi connectivity index (χ4n) is 1.81. The van der Waals surface area contributed by atoms with Crippen molar-refractivity contribution in [2.75, 3.05) is 5.32 Å². The van der Waals surface area contributed by atoms with E-state index in [-0.39, 0.29) is 0 Å². The van der Waals surface area contributed by atoms with Crippen LogP contribution in [0.4, 0.5) is 5.69 Å². The summed E-state index contributed by atoms with van der Waals surface area (Å²) >= 11 is 0. The molecule has 0 aliphatic rings. The van der Waals surface area contributed by atoms with Crippen molar-refractivity contribution in [3.63, 3.8) is 0 Å². The quantitative estimate of drug-likeness (QED) is 0.517. The number of carboxylic acid groups (broad SMARTS) is 1. The van der Waals surface area contributed by atoms with Crippen LogP contribution in [0.2, 0.25) is 0 Å². The first-order valence-corrected chi connectivity index (χ1v) is 6.39. The monoisotopic (exact) mass is 247 g/mol. The van der Waals surface area contributed by atoms with E-state index in [1.807, 2.05) is 36.4 Å². The fourth-order valence-corrected chi connectivity index (χ4v) is 1.81. The summed E-state index contributed by atoms with van der Waals surface area (Å²) < 4.78 is 0. The molecule has 98 valence electrons. The summed E-state index contributed by atoms with van der Waals surface area (Å²) in [4.78, 5) is 11.1. The first kappa shape index (κ1) is 14.3. The van der Waals surface area contributed by atoms with Gasteiger partial charge < -0.3 is 10.4 Å². The Hall–Kier alpha value is -1.77. The molecule has 0 saturated heterocycles. The number of carboxylic acids is 1. The fraction of sp³-hybridized carbons (Fsp3) is 0.400. The summed E-state index contributed by atoms with van der Waals surface area (Å²) in [5.41, 5.74) is 0.857. The molecule has 0 heterocycles. The molecule has 0 aromatic heterocycles. The SMILES string of the molecule is C=CCCCCCC(Nc1ccccc1)C(=O)O. The molecule has 0 amide bonds. The lowest BCUT2D eigenvalue weighted by atomic mass is 10.1. The van der Waals surface area contributed by atoms with E-state index in [4.69, 9.17) is 5.11 Å². The highest BCUT2D eigenvalue weighted by molar-refractivity contribution is 5.77. The Labute approximate surface area is 109 Å². The average molecular weight is 247 g/mol. The lowest BCUT2D eigenvalue weighted by Crippen LogP contribution is -2.29. The predicted octanol–water partition coefficient (Wildman–Crippen LogP) is 3.69. The Balaban J connectivity index is 2.36. The zero-order valence-electron chi connectivity index (χ0n) is 10.6. The van der Waals surface area contributed by atoms with Crippen LogP contribution in [0.3, 0.4) is 0 Å². The third kappa shape index (κ3) is 5.53. The molecule has 1 rings (SSSR count). The first-order valence-electron chi connectivity index (χ1n) is 6.39. The van der Waals surface area contributed by atoms with Gasteiger partial charge in [-0.3, -0.25) is 0 Å². The molecule has 0 aliphatic carbocycles. The van der Waals surface area contributed by atoms with Gasteiger partial charge in [0.25, 0.3) is 0 Å². The van der Waals surface area contributed by atoms with Crippen molar-refractivity contribution in [1.82, 2.24) is 0 Å². The second kappa shape index (κ2) is 8.34. The molecular weight excluding hydrogens is 226 g/mol. The summed E-state index contributed by atoms with van der Waals surface area (Å²) in [6.45, 7) is 3.67. The van der Waals surface area contributed by atoms with E-state index in [0.29, 0.717) is 6.42 Å². The highest BCUT2D eigenvalue weighted by atomic mass is 16.4. The van der Waals surface area contributed by atoms with E-state index in [1.54, 1.807) is 0 Å². The van der Waals surface area contributed by atoms with E-state index in [9.17, 15) is 4.79 Å². The van der Waals surface area contributed by atoms with Crippen LogP contribution in [0.1, 0.15) is 32.1 Å². The molecule has 0 bridgehead atoms. The van der Waals surface area contributed by atoms with E-state index >= 15 is 0 Å². The van der Waals surface area contributed by atoms with Gasteiger partial charge in [0.05, 0.1) is 0 Å². The van der Waals surface area contributed by atoms with Crippen molar-refractivity contribution < 1.29 is 9.90 Å². The maximum absolute atomic E-state index is 11.1. The van der Waals surface area contributed by atoms with Gasteiger partial charge in [0, 0.05) is 5.69 Å². The number of aliphatic carboxylic acids is 1. The molecule has 0 fully saturated rings. The Morgan fingerprint density at radius 1 is 1.28 bits per heavy atom. The van der Waals surface area contributed by atoms with Gasteiger partial charge in [-0.25, -0.2) is 4.79 Å². The van der Waals surface area contributed by atoms with E-state index in [0.717, 1.165) is 31.4 Å². The number of unbranched alkanes of at least 4 members (excludes halogenated alkanes) is 3. The van der Waals surface area contributed by atoms with Crippen LogP contribution in [0.25, 0.3) is 0 Å². The minimum atomic E-state index is -0.789. The highest BCUT2D eigenvalue weighted by Crippen LogP contribution is 2.12. The molecule has 1 atom stereocenters. The van der Waals surface area contributed by atoms with Gasteiger partial charge in [-0.1, -0.05) is 37.1 Å². The van der Waals surface area contributed by atoms with Crippen LogP contribution in [-0.4, -0.2) is 17.1 Å². The van der Waals surface area contributed by atoms with Crippen molar-refractivity contribution in [3.8, 4) is 0 Å². The standard InChI is InChI=1S/C15H21NO2/c1-2-3-4-5-9-12-14(15(17)18)16-13-10-7-6-8-11-13/h2,6-8,10-11,14,16H,1,3-5,9,12H2,(H,17,18). The Morgan fingerprint density at radius 2 is 2.00 bits per heavy atom. The van der Waals surface area contributed by atoms with Crippen molar-refractivity contribution in [3.05, 3.63) is 43.0 Å². The van der Waals surface area contributed by atoms with Crippen molar-refractivity contribution in [1.29, 1.82) is 0 Å². The number of anilines is 1. The maximum atomic E-state index is 11.1. The van der Waals surface area contributed by atoms with E-state index < -0.39 is 12.0 Å². The topological polar surface area (TPSA) is 49.3 Å². The molecule has 2 N–H and O–H groups in total. The van der Waals surface area contributed by atoms with Gasteiger partial charge >= 0.3 is 5.97 Å². The minimum absolute atomic E-state index is 0.504. The van der Waals surface area contributed by atoms with Crippen LogP contribution in [0.15, 0.2) is 43.0 Å². The molecular formula is C15H21NO2. The highest BCUT2D eigenvalue weighted by Gasteiger charge is 2.16. The second-order valence-electron chi connectivity index (χ2n) is 4.33. The number of para-hydroxylation sites is 1. The molecule has 3 nitrogen and oxygen atoms in total. The number of benzene rings is 1. The number of hydrogen-bond donors (Lipinski definition) is 2.